The fourth-order valence-corrected chi connectivity index (χ4v) is 2.43. The minimum atomic E-state index is 0.120. The van der Waals surface area contributed by atoms with Crippen LogP contribution >= 0.6 is 0 Å². The van der Waals surface area contributed by atoms with E-state index in [0.29, 0.717) is 0 Å². The molecule has 0 spiro atoms. The second-order valence-electron chi connectivity index (χ2n) is 5.99. The molecule has 0 fully saturated rings. The summed E-state index contributed by atoms with van der Waals surface area (Å²) in [7, 11) is 0. The molecule has 0 amide bonds. The smallest absolute Gasteiger partial charge is 0.142 e. The Labute approximate surface area is 146 Å². The van der Waals surface area contributed by atoms with Gasteiger partial charge in [-0.3, -0.25) is 0 Å². The normalized spacial score (nSPS) is 11.8. The van der Waals surface area contributed by atoms with Gasteiger partial charge in [-0.25, -0.2) is 0 Å². The van der Waals surface area contributed by atoms with Crippen molar-refractivity contribution in [3.8, 4) is 11.5 Å². The van der Waals surface area contributed by atoms with Crippen LogP contribution in [-0.4, -0.2) is 19.3 Å². The molecule has 0 aliphatic heterocycles. The molecule has 2 rings (SSSR count). The molecule has 3 nitrogen and oxygen atoms in total. The minimum Gasteiger partial charge on any atom is -0.491 e. The molecular formula is C21H29NO2. The van der Waals surface area contributed by atoms with Crippen molar-refractivity contribution < 1.29 is 9.47 Å². The van der Waals surface area contributed by atoms with E-state index in [2.05, 4.69) is 38.2 Å². The van der Waals surface area contributed by atoms with Crippen LogP contribution in [0.25, 0.3) is 0 Å². The number of ether oxygens (including phenoxy) is 2. The Morgan fingerprint density at radius 1 is 0.958 bits per heavy atom. The lowest BCUT2D eigenvalue weighted by molar-refractivity contribution is 0.208. The van der Waals surface area contributed by atoms with Crippen LogP contribution in [0.15, 0.2) is 48.5 Å². The van der Waals surface area contributed by atoms with E-state index in [1.807, 2.05) is 36.4 Å². The lowest BCUT2D eigenvalue weighted by atomic mass is 10.2. The van der Waals surface area contributed by atoms with Gasteiger partial charge in [0.15, 0.2) is 0 Å². The quantitative estimate of drug-likeness (QED) is 0.589. The average Bonchev–Trinajstić information content (AvgIpc) is 2.61. The zero-order valence-electron chi connectivity index (χ0n) is 15.0. The summed E-state index contributed by atoms with van der Waals surface area (Å²) < 4.78 is 12.0. The summed E-state index contributed by atoms with van der Waals surface area (Å²) >= 11 is 0. The molecule has 2 aromatic carbocycles. The SMILES string of the molecule is CCCCOc1ccccc1NC[C@H](CC)Oc1ccccc1C. The van der Waals surface area contributed by atoms with Crippen LogP contribution in [0.4, 0.5) is 5.69 Å². The molecule has 0 radical (unpaired) electrons. The third-order valence-electron chi connectivity index (χ3n) is 4.01. The Morgan fingerprint density at radius 3 is 2.38 bits per heavy atom. The second kappa shape index (κ2) is 9.86. The first-order valence-corrected chi connectivity index (χ1v) is 8.92. The van der Waals surface area contributed by atoms with Crippen LogP contribution in [0.5, 0.6) is 11.5 Å². The third-order valence-corrected chi connectivity index (χ3v) is 4.01. The number of rotatable bonds is 10. The molecule has 0 saturated carbocycles. The van der Waals surface area contributed by atoms with Gasteiger partial charge in [0, 0.05) is 0 Å². The zero-order valence-corrected chi connectivity index (χ0v) is 15.0. The van der Waals surface area contributed by atoms with E-state index in [1.165, 1.54) is 5.56 Å². The van der Waals surface area contributed by atoms with Gasteiger partial charge in [0.2, 0.25) is 0 Å². The first kappa shape index (κ1) is 18.2. The second-order valence-corrected chi connectivity index (χ2v) is 5.99. The van der Waals surface area contributed by atoms with Crippen molar-refractivity contribution in [1.29, 1.82) is 0 Å². The molecule has 3 heteroatoms. The van der Waals surface area contributed by atoms with Crippen LogP contribution in [0.2, 0.25) is 0 Å². The van der Waals surface area contributed by atoms with Crippen molar-refractivity contribution in [2.75, 3.05) is 18.5 Å². The summed E-state index contributed by atoms with van der Waals surface area (Å²) in [6, 6.07) is 16.3. The van der Waals surface area contributed by atoms with E-state index < -0.39 is 0 Å². The van der Waals surface area contributed by atoms with Crippen molar-refractivity contribution in [3.63, 3.8) is 0 Å². The van der Waals surface area contributed by atoms with Crippen LogP contribution in [0, 0.1) is 6.92 Å². The summed E-state index contributed by atoms with van der Waals surface area (Å²) in [4.78, 5) is 0. The number of unbranched alkanes of at least 4 members (excludes halogenated alkanes) is 1. The maximum atomic E-state index is 6.15. The van der Waals surface area contributed by atoms with Crippen LogP contribution in [-0.2, 0) is 0 Å². The number of hydrogen-bond acceptors (Lipinski definition) is 3. The van der Waals surface area contributed by atoms with Crippen LogP contribution in [0.3, 0.4) is 0 Å². The number of benzene rings is 2. The van der Waals surface area contributed by atoms with Crippen LogP contribution in [0.1, 0.15) is 38.7 Å². The van der Waals surface area contributed by atoms with Gasteiger partial charge in [-0.2, -0.15) is 0 Å². The highest BCUT2D eigenvalue weighted by atomic mass is 16.5. The zero-order chi connectivity index (χ0) is 17.2. The van der Waals surface area contributed by atoms with Crippen LogP contribution < -0.4 is 14.8 Å². The van der Waals surface area contributed by atoms with E-state index in [-0.39, 0.29) is 6.10 Å². The standard InChI is InChI=1S/C21H29NO2/c1-4-6-15-23-21-14-10-8-12-19(21)22-16-18(5-2)24-20-13-9-7-11-17(20)3/h7-14,18,22H,4-6,15-16H2,1-3H3/t18-/m0/s1. The molecule has 0 aromatic heterocycles. The van der Waals surface area contributed by atoms with Gasteiger partial charge in [0.25, 0.3) is 0 Å². The minimum absolute atomic E-state index is 0.120. The monoisotopic (exact) mass is 327 g/mol. The van der Waals surface area contributed by atoms with E-state index in [4.69, 9.17) is 9.47 Å². The molecule has 2 aromatic rings. The van der Waals surface area contributed by atoms with Gasteiger partial charge >= 0.3 is 0 Å². The van der Waals surface area contributed by atoms with Crippen molar-refractivity contribution in [2.45, 2.75) is 46.1 Å². The molecule has 24 heavy (non-hydrogen) atoms. The van der Waals surface area contributed by atoms with Gasteiger partial charge < -0.3 is 14.8 Å². The Balaban J connectivity index is 1.94. The predicted octanol–water partition coefficient (Wildman–Crippen LogP) is 5.44. The lowest BCUT2D eigenvalue weighted by Crippen LogP contribution is -2.25. The highest BCUT2D eigenvalue weighted by molar-refractivity contribution is 5.56. The fraction of sp³-hybridized carbons (Fsp3) is 0.429. The Bertz CT molecular complexity index is 612. The van der Waals surface area contributed by atoms with Gasteiger partial charge in [0.05, 0.1) is 18.8 Å². The summed E-state index contributed by atoms with van der Waals surface area (Å²) in [5.74, 6) is 1.87. The number of nitrogens with one attached hydrogen (secondary N) is 1. The summed E-state index contributed by atoms with van der Waals surface area (Å²) in [5, 5.41) is 3.48. The molecule has 0 aliphatic rings. The van der Waals surface area contributed by atoms with Crippen molar-refractivity contribution in [2.24, 2.45) is 0 Å². The summed E-state index contributed by atoms with van der Waals surface area (Å²) in [6.45, 7) is 7.90. The molecule has 0 unspecified atom stereocenters. The van der Waals surface area contributed by atoms with E-state index in [0.717, 1.165) is 49.6 Å². The first-order chi connectivity index (χ1) is 11.7. The third kappa shape index (κ3) is 5.48. The van der Waals surface area contributed by atoms with Crippen molar-refractivity contribution >= 4 is 5.69 Å². The summed E-state index contributed by atoms with van der Waals surface area (Å²) in [6.07, 6.45) is 3.27. The van der Waals surface area contributed by atoms with E-state index in [1.54, 1.807) is 0 Å². The van der Waals surface area contributed by atoms with E-state index >= 15 is 0 Å². The topological polar surface area (TPSA) is 30.5 Å². The Kier molecular flexibility index (Phi) is 7.47. The molecule has 1 N–H and O–H groups in total. The Hall–Kier alpha value is -2.16. The van der Waals surface area contributed by atoms with Gasteiger partial charge in [-0.15, -0.1) is 0 Å². The fourth-order valence-electron chi connectivity index (χ4n) is 2.43. The first-order valence-electron chi connectivity index (χ1n) is 8.92. The molecular weight excluding hydrogens is 298 g/mol. The molecule has 0 bridgehead atoms. The molecule has 0 aliphatic carbocycles. The maximum Gasteiger partial charge on any atom is 0.142 e. The lowest BCUT2D eigenvalue weighted by Gasteiger charge is -2.21. The van der Waals surface area contributed by atoms with Crippen molar-refractivity contribution in [3.05, 3.63) is 54.1 Å². The molecule has 130 valence electrons. The van der Waals surface area contributed by atoms with Gasteiger partial charge in [-0.05, 0) is 43.5 Å². The van der Waals surface area contributed by atoms with Crippen molar-refractivity contribution in [1.82, 2.24) is 0 Å². The number of hydrogen-bond donors (Lipinski definition) is 1. The number of anilines is 1. The van der Waals surface area contributed by atoms with Gasteiger partial charge in [0.1, 0.15) is 17.6 Å². The maximum absolute atomic E-state index is 6.15. The Morgan fingerprint density at radius 2 is 1.67 bits per heavy atom. The molecule has 0 heterocycles. The molecule has 0 saturated heterocycles. The predicted molar refractivity (Wildman–Crippen MR) is 101 cm³/mol. The average molecular weight is 327 g/mol. The summed E-state index contributed by atoms with van der Waals surface area (Å²) in [5.41, 5.74) is 2.19. The van der Waals surface area contributed by atoms with E-state index in [9.17, 15) is 0 Å². The molecule has 1 atom stereocenters. The van der Waals surface area contributed by atoms with Gasteiger partial charge in [-0.1, -0.05) is 50.6 Å². The highest BCUT2D eigenvalue weighted by Crippen LogP contribution is 2.25. The number of aryl methyl sites for hydroxylation is 1. The highest BCUT2D eigenvalue weighted by Gasteiger charge is 2.11. The largest absolute Gasteiger partial charge is 0.491 e. The number of para-hydroxylation sites is 3.